The summed E-state index contributed by atoms with van der Waals surface area (Å²) in [4.78, 5) is 15.3. The fourth-order valence-electron chi connectivity index (χ4n) is 9.12. The van der Waals surface area contributed by atoms with Crippen molar-refractivity contribution in [3.8, 4) is 67.5 Å². The lowest BCUT2D eigenvalue weighted by molar-refractivity contribution is 0.669. The van der Waals surface area contributed by atoms with Crippen LogP contribution in [-0.2, 0) is 0 Å². The first-order valence-corrected chi connectivity index (χ1v) is 20.6. The van der Waals surface area contributed by atoms with Gasteiger partial charge >= 0.3 is 0 Å². The molecule has 2 aromatic heterocycles. The molecule has 2 heterocycles. The Hall–Kier alpha value is -8.21. The summed E-state index contributed by atoms with van der Waals surface area (Å²) < 4.78 is 6.56. The van der Waals surface area contributed by atoms with Crippen LogP contribution >= 0.6 is 0 Å². The molecule has 12 aromatic rings. The Morgan fingerprint density at radius 2 is 0.754 bits per heavy atom. The maximum atomic E-state index is 6.56. The normalized spacial score (nSPS) is 11.6. The van der Waals surface area contributed by atoms with E-state index in [0.717, 1.165) is 72.0 Å². The molecule has 0 spiro atoms. The van der Waals surface area contributed by atoms with Gasteiger partial charge in [-0.3, -0.25) is 0 Å². The third kappa shape index (κ3) is 5.88. The van der Waals surface area contributed by atoms with Crippen LogP contribution in [-0.4, -0.2) is 15.0 Å². The third-order valence-corrected chi connectivity index (χ3v) is 11.9. The minimum Gasteiger partial charge on any atom is -0.456 e. The van der Waals surface area contributed by atoms with Gasteiger partial charge in [0.25, 0.3) is 0 Å². The SMILES string of the molecule is c1ccc(-c2nc(-c3ccccc3)nc(-c3ccccc3-c3ccc4oc5ccccc5c4c3-c3cccc(-c4ccc5c6ccccc6c6ccccc6c5c4)c3)n2)cc1. The Kier molecular flexibility index (Phi) is 8.13. The molecule has 0 atom stereocenters. The zero-order chi connectivity index (χ0) is 40.3. The number of rotatable bonds is 6. The van der Waals surface area contributed by atoms with E-state index in [1.807, 2.05) is 72.8 Å². The molecule has 0 aliphatic rings. The lowest BCUT2D eigenvalue weighted by atomic mass is 9.87. The molecule has 10 aromatic carbocycles. The summed E-state index contributed by atoms with van der Waals surface area (Å²) in [5.74, 6) is 1.86. The van der Waals surface area contributed by atoms with E-state index >= 15 is 0 Å². The van der Waals surface area contributed by atoms with E-state index < -0.39 is 0 Å². The van der Waals surface area contributed by atoms with E-state index in [1.54, 1.807) is 0 Å². The highest BCUT2D eigenvalue weighted by Crippen LogP contribution is 2.46. The van der Waals surface area contributed by atoms with Crippen LogP contribution in [0.15, 0.2) is 217 Å². The van der Waals surface area contributed by atoms with Crippen molar-refractivity contribution in [1.29, 1.82) is 0 Å². The minimum atomic E-state index is 0.607. The summed E-state index contributed by atoms with van der Waals surface area (Å²) >= 11 is 0. The number of para-hydroxylation sites is 1. The third-order valence-electron chi connectivity index (χ3n) is 11.9. The molecule has 0 fully saturated rings. The Morgan fingerprint density at radius 3 is 1.43 bits per heavy atom. The molecule has 284 valence electrons. The van der Waals surface area contributed by atoms with Gasteiger partial charge < -0.3 is 4.42 Å². The second-order valence-corrected chi connectivity index (χ2v) is 15.5. The van der Waals surface area contributed by atoms with Crippen LogP contribution in [0.4, 0.5) is 0 Å². The highest BCUT2D eigenvalue weighted by molar-refractivity contribution is 6.26. The van der Waals surface area contributed by atoms with Gasteiger partial charge in [-0.1, -0.05) is 182 Å². The van der Waals surface area contributed by atoms with Gasteiger partial charge in [-0.15, -0.1) is 0 Å². The number of hydrogen-bond donors (Lipinski definition) is 0. The smallest absolute Gasteiger partial charge is 0.164 e. The lowest BCUT2D eigenvalue weighted by Crippen LogP contribution is -2.01. The molecule has 0 N–H and O–H groups in total. The monoisotopic (exact) mass is 777 g/mol. The molecular weight excluding hydrogens is 743 g/mol. The van der Waals surface area contributed by atoms with Crippen molar-refractivity contribution in [3.05, 3.63) is 212 Å². The molecular formula is C57H35N3O. The van der Waals surface area contributed by atoms with Crippen LogP contribution in [0.1, 0.15) is 0 Å². The number of nitrogens with zero attached hydrogens (tertiary/aromatic N) is 3. The number of fused-ring (bicyclic) bond motifs is 9. The standard InChI is InChI=1S/C57H35N3O/c1-3-16-36(17-4-1)55-58-56(37-18-5-2-6-19-37)60-57(59-55)48-27-12-11-26-45(48)47-32-33-52-54(49-28-13-14-29-51(49)61-52)53(47)40-21-15-20-38(34-40)39-30-31-46-43-24-8-7-22-41(43)42-23-9-10-25-44(42)50(46)35-39/h1-35H. The predicted molar refractivity (Wildman–Crippen MR) is 252 cm³/mol. The van der Waals surface area contributed by atoms with Gasteiger partial charge in [0.15, 0.2) is 17.5 Å². The van der Waals surface area contributed by atoms with Crippen molar-refractivity contribution < 1.29 is 4.42 Å². The summed E-state index contributed by atoms with van der Waals surface area (Å²) in [5, 5.41) is 9.71. The van der Waals surface area contributed by atoms with E-state index in [4.69, 9.17) is 19.4 Å². The average Bonchev–Trinajstić information content (AvgIpc) is 3.73. The van der Waals surface area contributed by atoms with Crippen LogP contribution in [0.5, 0.6) is 0 Å². The van der Waals surface area contributed by atoms with Gasteiger partial charge in [-0.2, -0.15) is 0 Å². The quantitative estimate of drug-likeness (QED) is 0.158. The largest absolute Gasteiger partial charge is 0.456 e. The molecule has 4 heteroatoms. The zero-order valence-corrected chi connectivity index (χ0v) is 33.0. The molecule has 0 unspecified atom stereocenters. The molecule has 0 saturated heterocycles. The molecule has 0 amide bonds. The molecule has 4 nitrogen and oxygen atoms in total. The van der Waals surface area contributed by atoms with Gasteiger partial charge in [0.05, 0.1) is 0 Å². The van der Waals surface area contributed by atoms with Crippen LogP contribution in [0.2, 0.25) is 0 Å². The summed E-state index contributed by atoms with van der Waals surface area (Å²) in [7, 11) is 0. The highest BCUT2D eigenvalue weighted by Gasteiger charge is 2.22. The van der Waals surface area contributed by atoms with E-state index in [9.17, 15) is 0 Å². The molecule has 61 heavy (non-hydrogen) atoms. The second-order valence-electron chi connectivity index (χ2n) is 15.5. The number of hydrogen-bond acceptors (Lipinski definition) is 4. The predicted octanol–water partition coefficient (Wildman–Crippen LogP) is 15.2. The molecule has 0 aliphatic heterocycles. The van der Waals surface area contributed by atoms with Gasteiger partial charge in [0, 0.05) is 33.0 Å². The molecule has 0 saturated carbocycles. The average molecular weight is 778 g/mol. The topological polar surface area (TPSA) is 51.8 Å². The van der Waals surface area contributed by atoms with E-state index in [-0.39, 0.29) is 0 Å². The first kappa shape index (κ1) is 34.8. The van der Waals surface area contributed by atoms with Gasteiger partial charge in [0.2, 0.25) is 0 Å². The van der Waals surface area contributed by atoms with Crippen LogP contribution < -0.4 is 0 Å². The number of aromatic nitrogens is 3. The first-order valence-electron chi connectivity index (χ1n) is 20.6. The maximum Gasteiger partial charge on any atom is 0.164 e. The van der Waals surface area contributed by atoms with E-state index in [2.05, 4.69) is 140 Å². The van der Waals surface area contributed by atoms with Gasteiger partial charge in [-0.25, -0.2) is 15.0 Å². The van der Waals surface area contributed by atoms with Crippen LogP contribution in [0, 0.1) is 0 Å². The molecule has 0 bridgehead atoms. The number of furan rings is 1. The van der Waals surface area contributed by atoms with Crippen LogP contribution in [0.25, 0.3) is 122 Å². The Morgan fingerprint density at radius 1 is 0.262 bits per heavy atom. The Balaban J connectivity index is 1.08. The maximum absolute atomic E-state index is 6.56. The van der Waals surface area contributed by atoms with Crippen molar-refractivity contribution in [3.63, 3.8) is 0 Å². The second kappa shape index (κ2) is 14.3. The molecule has 12 rings (SSSR count). The summed E-state index contributed by atoms with van der Waals surface area (Å²) in [5.41, 5.74) is 11.0. The Labute approximate surface area is 352 Å². The van der Waals surface area contributed by atoms with Gasteiger partial charge in [-0.05, 0) is 90.5 Å². The zero-order valence-electron chi connectivity index (χ0n) is 33.0. The first-order chi connectivity index (χ1) is 30.2. The number of benzene rings is 10. The fourth-order valence-corrected chi connectivity index (χ4v) is 9.12. The highest BCUT2D eigenvalue weighted by atomic mass is 16.3. The van der Waals surface area contributed by atoms with Crippen molar-refractivity contribution >= 4 is 54.3 Å². The molecule has 0 aliphatic carbocycles. The minimum absolute atomic E-state index is 0.607. The molecule has 0 radical (unpaired) electrons. The van der Waals surface area contributed by atoms with Crippen molar-refractivity contribution in [2.24, 2.45) is 0 Å². The summed E-state index contributed by atoms with van der Waals surface area (Å²) in [6.07, 6.45) is 0. The van der Waals surface area contributed by atoms with Crippen molar-refractivity contribution in [2.75, 3.05) is 0 Å². The lowest BCUT2D eigenvalue weighted by Gasteiger charge is -2.17. The van der Waals surface area contributed by atoms with E-state index in [0.29, 0.717) is 17.5 Å². The Bertz CT molecular complexity index is 3560. The van der Waals surface area contributed by atoms with Crippen LogP contribution in [0.3, 0.4) is 0 Å². The van der Waals surface area contributed by atoms with E-state index in [1.165, 1.54) is 32.3 Å². The fraction of sp³-hybridized carbons (Fsp3) is 0. The summed E-state index contributed by atoms with van der Waals surface area (Å²) in [6, 6.07) is 74.7. The summed E-state index contributed by atoms with van der Waals surface area (Å²) in [6.45, 7) is 0. The van der Waals surface area contributed by atoms with Gasteiger partial charge in [0.1, 0.15) is 11.2 Å². The van der Waals surface area contributed by atoms with Crippen molar-refractivity contribution in [2.45, 2.75) is 0 Å². The van der Waals surface area contributed by atoms with Crippen molar-refractivity contribution in [1.82, 2.24) is 15.0 Å².